The molecular weight excluding hydrogens is 393 g/mol. The molecule has 30 heavy (non-hydrogen) atoms. The summed E-state index contributed by atoms with van der Waals surface area (Å²) in [6.45, 7) is 2.48. The number of nitrogens with one attached hydrogen (secondary N) is 2. The van der Waals surface area contributed by atoms with Crippen LogP contribution in [0.1, 0.15) is 72.1 Å². The van der Waals surface area contributed by atoms with Gasteiger partial charge in [0.2, 0.25) is 0 Å². The first kappa shape index (κ1) is 20.8. The predicted molar refractivity (Wildman–Crippen MR) is 108 cm³/mol. The van der Waals surface area contributed by atoms with Crippen molar-refractivity contribution in [2.45, 2.75) is 63.7 Å². The summed E-state index contributed by atoms with van der Waals surface area (Å²) in [6.07, 6.45) is 2.32. The van der Waals surface area contributed by atoms with Crippen LogP contribution in [0.25, 0.3) is 0 Å². The maximum absolute atomic E-state index is 13.8. The number of rotatable bonds is 4. The number of aromatic nitrogens is 2. The lowest BCUT2D eigenvalue weighted by atomic mass is 9.89. The van der Waals surface area contributed by atoms with Gasteiger partial charge in [-0.25, -0.2) is 4.68 Å². The van der Waals surface area contributed by atoms with Gasteiger partial charge in [0.25, 0.3) is 5.91 Å². The number of hydrogen-bond acceptors (Lipinski definition) is 3. The van der Waals surface area contributed by atoms with Crippen molar-refractivity contribution in [2.24, 2.45) is 5.92 Å². The second kappa shape index (κ2) is 8.32. The van der Waals surface area contributed by atoms with Gasteiger partial charge in [0, 0.05) is 13.0 Å². The highest BCUT2D eigenvalue weighted by atomic mass is 19.4. The van der Waals surface area contributed by atoms with Crippen molar-refractivity contribution in [3.63, 3.8) is 0 Å². The zero-order chi connectivity index (χ0) is 21.3. The first-order valence-electron chi connectivity index (χ1n) is 10.6. The van der Waals surface area contributed by atoms with Crippen molar-refractivity contribution < 1.29 is 18.0 Å². The van der Waals surface area contributed by atoms with E-state index in [1.54, 1.807) is 0 Å². The zero-order valence-electron chi connectivity index (χ0n) is 17.0. The van der Waals surface area contributed by atoms with Crippen LogP contribution in [0.3, 0.4) is 0 Å². The molecule has 1 fully saturated rings. The number of alkyl halides is 3. The molecule has 0 radical (unpaired) electrons. The molecule has 0 bridgehead atoms. The van der Waals surface area contributed by atoms with E-state index in [2.05, 4.69) is 15.7 Å². The van der Waals surface area contributed by atoms with Crippen molar-refractivity contribution in [1.29, 1.82) is 0 Å². The minimum Gasteiger partial charge on any atom is -0.363 e. The topological polar surface area (TPSA) is 59.0 Å². The predicted octanol–water partition coefficient (Wildman–Crippen LogP) is 5.16. The van der Waals surface area contributed by atoms with Crippen LogP contribution in [0.2, 0.25) is 0 Å². The van der Waals surface area contributed by atoms with E-state index >= 15 is 0 Å². The third kappa shape index (κ3) is 4.32. The molecule has 1 aliphatic heterocycles. The lowest BCUT2D eigenvalue weighted by Gasteiger charge is -2.34. The van der Waals surface area contributed by atoms with Crippen molar-refractivity contribution in [3.05, 3.63) is 47.2 Å². The molecule has 2 N–H and O–H groups in total. The lowest BCUT2D eigenvalue weighted by molar-refractivity contribution is -0.173. The van der Waals surface area contributed by atoms with Gasteiger partial charge in [-0.3, -0.25) is 4.79 Å². The molecule has 2 atom stereocenters. The second-order valence-corrected chi connectivity index (χ2v) is 8.47. The molecule has 0 spiro atoms. The minimum absolute atomic E-state index is 0.135. The highest BCUT2D eigenvalue weighted by Crippen LogP contribution is 2.44. The summed E-state index contributed by atoms with van der Waals surface area (Å²) in [5, 5.41) is 9.98. The van der Waals surface area contributed by atoms with Gasteiger partial charge in [-0.2, -0.15) is 18.3 Å². The Bertz CT molecular complexity index is 885. The number of carbonyl (C=O) groups is 1. The summed E-state index contributed by atoms with van der Waals surface area (Å²) < 4.78 is 42.3. The fourth-order valence-electron chi connectivity index (χ4n) is 4.47. The largest absolute Gasteiger partial charge is 0.410 e. The maximum atomic E-state index is 13.8. The molecule has 0 unspecified atom stereocenters. The monoisotopic (exact) mass is 420 g/mol. The molecule has 0 saturated heterocycles. The van der Waals surface area contributed by atoms with Crippen LogP contribution in [-0.2, 0) is 0 Å². The third-order valence-electron chi connectivity index (χ3n) is 6.24. The quantitative estimate of drug-likeness (QED) is 0.718. The van der Waals surface area contributed by atoms with Crippen LogP contribution in [0.5, 0.6) is 0 Å². The maximum Gasteiger partial charge on any atom is 0.410 e. The van der Waals surface area contributed by atoms with Gasteiger partial charge in [0.05, 0.1) is 12.2 Å². The number of amides is 1. The molecule has 2 heterocycles. The van der Waals surface area contributed by atoms with E-state index in [4.69, 9.17) is 0 Å². The van der Waals surface area contributed by atoms with Gasteiger partial charge >= 0.3 is 6.18 Å². The molecule has 4 rings (SSSR count). The van der Waals surface area contributed by atoms with Gasteiger partial charge in [0.15, 0.2) is 6.04 Å². The summed E-state index contributed by atoms with van der Waals surface area (Å²) in [4.78, 5) is 12.8. The van der Waals surface area contributed by atoms with Crippen LogP contribution >= 0.6 is 0 Å². The first-order valence-corrected chi connectivity index (χ1v) is 10.6. The fourth-order valence-corrected chi connectivity index (χ4v) is 4.47. The van der Waals surface area contributed by atoms with E-state index in [0.717, 1.165) is 41.5 Å². The number of nitrogens with zero attached hydrogens (tertiary/aromatic N) is 2. The normalized spacial score (nSPS) is 22.3. The standard InChI is InChI=1S/C22H27F3N4O/c1-14-7-9-16(10-8-14)18-11-19(22(23,24)25)29-20(28-18)17(13-27-29)21(30)26-12-15-5-3-2-4-6-15/h7-10,13,15,18-19,28H,2-6,11-12H2,1H3,(H,26,30)/t18-,19+/m0/s1. The van der Waals surface area contributed by atoms with Gasteiger partial charge in [-0.05, 0) is 31.2 Å². The summed E-state index contributed by atoms with van der Waals surface area (Å²) in [5.41, 5.74) is 1.96. The molecule has 1 aromatic carbocycles. The van der Waals surface area contributed by atoms with E-state index in [-0.39, 0.29) is 23.7 Å². The van der Waals surface area contributed by atoms with Crippen molar-refractivity contribution in [2.75, 3.05) is 11.9 Å². The average molecular weight is 420 g/mol. The number of halogens is 3. The SMILES string of the molecule is Cc1ccc([C@@H]2C[C@H](C(F)(F)F)n3ncc(C(=O)NCC4CCCCC4)c3N2)cc1. The number of anilines is 1. The molecule has 162 valence electrons. The fraction of sp³-hybridized carbons (Fsp3) is 0.545. The highest BCUT2D eigenvalue weighted by molar-refractivity contribution is 5.98. The summed E-state index contributed by atoms with van der Waals surface area (Å²) >= 11 is 0. The van der Waals surface area contributed by atoms with E-state index in [0.29, 0.717) is 12.5 Å². The van der Waals surface area contributed by atoms with E-state index in [1.165, 1.54) is 12.6 Å². The van der Waals surface area contributed by atoms with Gasteiger partial charge in [0.1, 0.15) is 11.4 Å². The van der Waals surface area contributed by atoms with Gasteiger partial charge < -0.3 is 10.6 Å². The number of aryl methyl sites for hydroxylation is 1. The molecule has 1 aliphatic carbocycles. The Morgan fingerprint density at radius 3 is 2.57 bits per heavy atom. The molecule has 2 aromatic rings. The minimum atomic E-state index is -4.46. The molecule has 1 amide bonds. The molecule has 1 aromatic heterocycles. The number of fused-ring (bicyclic) bond motifs is 1. The van der Waals surface area contributed by atoms with Crippen LogP contribution in [0.15, 0.2) is 30.5 Å². The molecule has 8 heteroatoms. The number of benzene rings is 1. The Balaban J connectivity index is 1.57. The van der Waals surface area contributed by atoms with Crippen molar-refractivity contribution in [3.8, 4) is 0 Å². The van der Waals surface area contributed by atoms with Gasteiger partial charge in [-0.1, -0.05) is 49.1 Å². The van der Waals surface area contributed by atoms with Crippen LogP contribution in [0, 0.1) is 12.8 Å². The lowest BCUT2D eigenvalue weighted by Crippen LogP contribution is -2.37. The first-order chi connectivity index (χ1) is 14.3. The average Bonchev–Trinajstić information content (AvgIpc) is 3.16. The Hall–Kier alpha value is -2.51. The zero-order valence-corrected chi connectivity index (χ0v) is 17.0. The van der Waals surface area contributed by atoms with E-state index < -0.39 is 18.3 Å². The Labute approximate surface area is 174 Å². The van der Waals surface area contributed by atoms with Crippen molar-refractivity contribution >= 4 is 11.7 Å². The Kier molecular flexibility index (Phi) is 5.75. The van der Waals surface area contributed by atoms with Gasteiger partial charge in [-0.15, -0.1) is 0 Å². The Morgan fingerprint density at radius 2 is 1.90 bits per heavy atom. The van der Waals surface area contributed by atoms with E-state index in [1.807, 2.05) is 31.2 Å². The second-order valence-electron chi connectivity index (χ2n) is 8.47. The molecular formula is C22H27F3N4O. The highest BCUT2D eigenvalue weighted by Gasteiger charge is 2.47. The number of carbonyl (C=O) groups excluding carboxylic acids is 1. The summed E-state index contributed by atoms with van der Waals surface area (Å²) in [6, 6.07) is 5.09. The Morgan fingerprint density at radius 1 is 1.20 bits per heavy atom. The molecule has 1 saturated carbocycles. The molecule has 2 aliphatic rings. The molecule has 5 nitrogen and oxygen atoms in total. The van der Waals surface area contributed by atoms with E-state index in [9.17, 15) is 18.0 Å². The number of hydrogen-bond donors (Lipinski definition) is 2. The van der Waals surface area contributed by atoms with Crippen LogP contribution < -0.4 is 10.6 Å². The van der Waals surface area contributed by atoms with Crippen LogP contribution in [0.4, 0.5) is 19.0 Å². The third-order valence-corrected chi connectivity index (χ3v) is 6.24. The van der Waals surface area contributed by atoms with Crippen molar-refractivity contribution in [1.82, 2.24) is 15.1 Å². The smallest absolute Gasteiger partial charge is 0.363 e. The summed E-state index contributed by atoms with van der Waals surface area (Å²) in [5.74, 6) is 0.195. The summed E-state index contributed by atoms with van der Waals surface area (Å²) in [7, 11) is 0. The van der Waals surface area contributed by atoms with Crippen LogP contribution in [-0.4, -0.2) is 28.4 Å².